The van der Waals surface area contributed by atoms with Crippen molar-refractivity contribution in [2.75, 3.05) is 46.4 Å². The van der Waals surface area contributed by atoms with E-state index in [2.05, 4.69) is 15.1 Å². The fourth-order valence-electron chi connectivity index (χ4n) is 4.64. The predicted molar refractivity (Wildman–Crippen MR) is 104 cm³/mol. The highest BCUT2D eigenvalue weighted by Gasteiger charge is 2.52. The Morgan fingerprint density at radius 2 is 2.04 bits per heavy atom. The second kappa shape index (κ2) is 9.29. The van der Waals surface area contributed by atoms with Gasteiger partial charge in [-0.1, -0.05) is 6.07 Å². The predicted octanol–water partition coefficient (Wildman–Crippen LogP) is 2.40. The lowest BCUT2D eigenvalue weighted by atomic mass is 9.67. The molecule has 3 rings (SSSR count). The van der Waals surface area contributed by atoms with Crippen LogP contribution in [0.5, 0.6) is 0 Å². The Morgan fingerprint density at radius 1 is 1.29 bits per heavy atom. The van der Waals surface area contributed by atoms with Crippen LogP contribution >= 0.6 is 0 Å². The molecular weight excluding hydrogens is 364 g/mol. The fourth-order valence-corrected chi connectivity index (χ4v) is 4.64. The van der Waals surface area contributed by atoms with Gasteiger partial charge >= 0.3 is 0 Å². The molecule has 2 saturated heterocycles. The second-order valence-corrected chi connectivity index (χ2v) is 7.91. The summed E-state index contributed by atoms with van der Waals surface area (Å²) in [6, 6.07) is 3.91. The van der Waals surface area contributed by atoms with E-state index in [1.807, 2.05) is 14.0 Å². The molecule has 2 atom stereocenters. The number of ether oxygens (including phenoxy) is 1. The number of amides is 1. The third kappa shape index (κ3) is 4.36. The molecule has 28 heavy (non-hydrogen) atoms. The summed E-state index contributed by atoms with van der Waals surface area (Å²) < 4.78 is 33.8. The van der Waals surface area contributed by atoms with Crippen LogP contribution in [0, 0.1) is 17.0 Å². The van der Waals surface area contributed by atoms with Gasteiger partial charge in [-0.25, -0.2) is 8.78 Å². The Hall–Kier alpha value is -1.57. The molecule has 1 amide bonds. The van der Waals surface area contributed by atoms with Crippen LogP contribution in [0.1, 0.15) is 31.7 Å². The summed E-state index contributed by atoms with van der Waals surface area (Å²) in [4.78, 5) is 17.5. The third-order valence-corrected chi connectivity index (χ3v) is 6.18. The molecule has 0 unspecified atom stereocenters. The number of likely N-dealkylation sites (N-methyl/N-ethyl adjacent to an activating group) is 1. The van der Waals surface area contributed by atoms with Gasteiger partial charge in [0.2, 0.25) is 5.91 Å². The van der Waals surface area contributed by atoms with Crippen molar-refractivity contribution in [2.45, 2.75) is 38.8 Å². The van der Waals surface area contributed by atoms with E-state index in [0.29, 0.717) is 19.8 Å². The summed E-state index contributed by atoms with van der Waals surface area (Å²) in [6.45, 7) is 6.01. The van der Waals surface area contributed by atoms with E-state index in [1.54, 1.807) is 0 Å². The summed E-state index contributed by atoms with van der Waals surface area (Å²) >= 11 is 0. The lowest BCUT2D eigenvalue weighted by Crippen LogP contribution is -2.65. The van der Waals surface area contributed by atoms with Crippen molar-refractivity contribution in [3.8, 4) is 0 Å². The van der Waals surface area contributed by atoms with Gasteiger partial charge in [-0.15, -0.1) is 0 Å². The summed E-state index contributed by atoms with van der Waals surface area (Å²) in [7, 11) is 2.04. The molecule has 2 heterocycles. The molecular formula is C21H31F2N3O2. The summed E-state index contributed by atoms with van der Waals surface area (Å²) in [6.07, 6.45) is 2.41. The highest BCUT2D eigenvalue weighted by Crippen LogP contribution is 2.43. The minimum Gasteiger partial charge on any atom is -0.380 e. The number of halogens is 2. The van der Waals surface area contributed by atoms with Gasteiger partial charge in [0.15, 0.2) is 0 Å². The van der Waals surface area contributed by atoms with Crippen molar-refractivity contribution in [3.05, 3.63) is 35.4 Å². The maximum atomic E-state index is 14.2. The van der Waals surface area contributed by atoms with Crippen LogP contribution in [-0.2, 0) is 16.1 Å². The van der Waals surface area contributed by atoms with Gasteiger partial charge in [0.25, 0.3) is 0 Å². The van der Waals surface area contributed by atoms with Crippen molar-refractivity contribution in [2.24, 2.45) is 5.41 Å². The highest BCUT2D eigenvalue weighted by atomic mass is 19.1. The van der Waals surface area contributed by atoms with Crippen LogP contribution in [0.25, 0.3) is 0 Å². The molecule has 0 bridgehead atoms. The number of rotatable bonds is 7. The molecule has 2 fully saturated rings. The van der Waals surface area contributed by atoms with Crippen LogP contribution in [-0.4, -0.2) is 68.2 Å². The zero-order valence-electron chi connectivity index (χ0n) is 16.8. The lowest BCUT2D eigenvalue weighted by Gasteiger charge is -2.53. The van der Waals surface area contributed by atoms with Crippen molar-refractivity contribution in [1.82, 2.24) is 15.1 Å². The molecule has 0 saturated carbocycles. The smallest absolute Gasteiger partial charge is 0.227 e. The molecule has 0 spiro atoms. The first-order valence-electron chi connectivity index (χ1n) is 10.2. The van der Waals surface area contributed by atoms with Crippen LogP contribution in [0.2, 0.25) is 0 Å². The van der Waals surface area contributed by atoms with Gasteiger partial charge in [-0.05, 0) is 58.5 Å². The molecule has 1 aromatic rings. The Bertz CT molecular complexity index is 667. The number of hydrogen-bond acceptors (Lipinski definition) is 4. The molecule has 0 radical (unpaired) electrons. The largest absolute Gasteiger partial charge is 0.380 e. The average molecular weight is 395 g/mol. The fraction of sp³-hybridized carbons (Fsp3) is 0.667. The van der Waals surface area contributed by atoms with Gasteiger partial charge in [0.1, 0.15) is 11.6 Å². The molecule has 0 aliphatic carbocycles. The summed E-state index contributed by atoms with van der Waals surface area (Å²) in [5.41, 5.74) is -0.429. The summed E-state index contributed by atoms with van der Waals surface area (Å²) in [5.74, 6) is -1.01. The first kappa shape index (κ1) is 21.1. The van der Waals surface area contributed by atoms with Gasteiger partial charge in [-0.2, -0.15) is 0 Å². The van der Waals surface area contributed by atoms with Crippen LogP contribution in [0.3, 0.4) is 0 Å². The Morgan fingerprint density at radius 3 is 2.75 bits per heavy atom. The van der Waals surface area contributed by atoms with Gasteiger partial charge in [0.05, 0.1) is 12.0 Å². The van der Waals surface area contributed by atoms with Gasteiger partial charge in [-0.3, -0.25) is 9.69 Å². The van der Waals surface area contributed by atoms with Crippen molar-refractivity contribution in [3.63, 3.8) is 0 Å². The third-order valence-electron chi connectivity index (χ3n) is 6.18. The van der Waals surface area contributed by atoms with Gasteiger partial charge in [0, 0.05) is 37.8 Å². The lowest BCUT2D eigenvalue weighted by molar-refractivity contribution is -0.145. The van der Waals surface area contributed by atoms with Crippen molar-refractivity contribution < 1.29 is 18.3 Å². The normalized spacial score (nSPS) is 26.1. The molecule has 2 aliphatic rings. The van der Waals surface area contributed by atoms with E-state index in [0.717, 1.165) is 38.9 Å². The Balaban J connectivity index is 1.80. The SMILES string of the molecule is CCOCCNC(=O)[C@@]12CCCN(Cc3c(F)cccc3F)[C@H]1CN(C)CC2. The molecule has 156 valence electrons. The zero-order valence-corrected chi connectivity index (χ0v) is 16.8. The number of piperidine rings is 2. The zero-order chi connectivity index (χ0) is 20.1. The van der Waals surface area contributed by atoms with E-state index in [4.69, 9.17) is 4.74 Å². The minimum atomic E-state index is -0.526. The standard InChI is InChI=1S/C21H31F2N3O2/c1-3-28-13-10-24-20(27)21-8-5-11-26(19(21)15-25(2)12-9-21)14-16-17(22)6-4-7-18(16)23/h4,6-7,19H,3,5,8-15H2,1-2H3,(H,24,27)/t19-,21+/m0/s1. The first-order valence-corrected chi connectivity index (χ1v) is 10.2. The van der Waals surface area contributed by atoms with E-state index in [1.165, 1.54) is 18.2 Å². The number of nitrogens with one attached hydrogen (secondary N) is 1. The Kier molecular flexibility index (Phi) is 7.01. The molecule has 1 N–H and O–H groups in total. The molecule has 0 aromatic heterocycles. The number of nitrogens with zero attached hydrogens (tertiary/aromatic N) is 2. The topological polar surface area (TPSA) is 44.8 Å². The van der Waals surface area contributed by atoms with Crippen molar-refractivity contribution >= 4 is 5.91 Å². The van der Waals surface area contributed by atoms with Gasteiger partial charge < -0.3 is 15.0 Å². The van der Waals surface area contributed by atoms with E-state index in [9.17, 15) is 13.6 Å². The molecule has 1 aromatic carbocycles. The van der Waals surface area contributed by atoms with E-state index < -0.39 is 17.0 Å². The maximum absolute atomic E-state index is 14.2. The van der Waals surface area contributed by atoms with Crippen LogP contribution < -0.4 is 5.32 Å². The first-order chi connectivity index (χ1) is 13.5. The van der Waals surface area contributed by atoms with Crippen LogP contribution in [0.4, 0.5) is 8.78 Å². The average Bonchev–Trinajstić information content (AvgIpc) is 2.68. The quantitative estimate of drug-likeness (QED) is 0.720. The van der Waals surface area contributed by atoms with Crippen molar-refractivity contribution in [1.29, 1.82) is 0 Å². The number of hydrogen-bond donors (Lipinski definition) is 1. The summed E-state index contributed by atoms with van der Waals surface area (Å²) in [5, 5.41) is 3.04. The Labute approximate surface area is 166 Å². The number of carbonyl (C=O) groups excluding carboxylic acids is 1. The van der Waals surface area contributed by atoms with E-state index in [-0.39, 0.29) is 24.1 Å². The number of carbonyl (C=O) groups is 1. The molecule has 7 heteroatoms. The second-order valence-electron chi connectivity index (χ2n) is 7.91. The number of fused-ring (bicyclic) bond motifs is 1. The number of likely N-dealkylation sites (tertiary alicyclic amines) is 2. The van der Waals surface area contributed by atoms with E-state index >= 15 is 0 Å². The minimum absolute atomic E-state index is 0.0454. The number of benzene rings is 1. The molecule has 5 nitrogen and oxygen atoms in total. The maximum Gasteiger partial charge on any atom is 0.227 e. The molecule has 2 aliphatic heterocycles. The van der Waals surface area contributed by atoms with Crippen LogP contribution in [0.15, 0.2) is 18.2 Å². The highest BCUT2D eigenvalue weighted by molar-refractivity contribution is 5.84. The monoisotopic (exact) mass is 395 g/mol.